The zero-order valence-electron chi connectivity index (χ0n) is 23.9. The minimum atomic E-state index is -1.25. The molecule has 0 bridgehead atoms. The van der Waals surface area contributed by atoms with E-state index in [0.717, 1.165) is 10.9 Å². The topological polar surface area (TPSA) is 182 Å². The van der Waals surface area contributed by atoms with Crippen molar-refractivity contribution in [3.05, 3.63) is 75.6 Å². The van der Waals surface area contributed by atoms with Crippen LogP contribution in [0.1, 0.15) is 55.1 Å². The van der Waals surface area contributed by atoms with Crippen LogP contribution < -0.4 is 16.2 Å². The van der Waals surface area contributed by atoms with Gasteiger partial charge in [0.2, 0.25) is 11.9 Å². The molecule has 0 fully saturated rings. The number of carbonyl (C=O) groups is 4. The summed E-state index contributed by atoms with van der Waals surface area (Å²) < 4.78 is 0. The van der Waals surface area contributed by atoms with Gasteiger partial charge in [0.15, 0.2) is 0 Å². The normalized spacial score (nSPS) is 13.7. The third-order valence-electron chi connectivity index (χ3n) is 7.40. The highest BCUT2D eigenvalue weighted by atomic mass is 16.4. The molecule has 4 aromatic rings. The first-order valence-corrected chi connectivity index (χ1v) is 13.7. The van der Waals surface area contributed by atoms with E-state index in [-0.39, 0.29) is 36.8 Å². The average molecular weight is 586 g/mol. The predicted molar refractivity (Wildman–Crippen MR) is 160 cm³/mol. The second kappa shape index (κ2) is 11.2. The lowest BCUT2D eigenvalue weighted by atomic mass is 9.96. The number of nitrogens with zero attached hydrogens (tertiary/aromatic N) is 2. The van der Waals surface area contributed by atoms with Crippen LogP contribution in [0.25, 0.3) is 21.7 Å². The minimum Gasteiger partial charge on any atom is -0.481 e. The van der Waals surface area contributed by atoms with Crippen LogP contribution in [-0.2, 0) is 27.5 Å². The van der Waals surface area contributed by atoms with Crippen LogP contribution in [0.2, 0.25) is 0 Å². The summed E-state index contributed by atoms with van der Waals surface area (Å²) in [5, 5.41) is 26.5. The number of nitrogens with one attached hydrogen (secondary N) is 3. The number of anilines is 2. The highest BCUT2D eigenvalue weighted by molar-refractivity contribution is 6.06. The zero-order chi connectivity index (χ0) is 31.1. The van der Waals surface area contributed by atoms with Gasteiger partial charge in [-0.3, -0.25) is 29.5 Å². The molecule has 0 radical (unpaired) electrons. The van der Waals surface area contributed by atoms with Gasteiger partial charge < -0.3 is 20.4 Å². The van der Waals surface area contributed by atoms with E-state index in [2.05, 4.69) is 20.6 Å². The fourth-order valence-corrected chi connectivity index (χ4v) is 5.05. The molecule has 0 aliphatic carbocycles. The molecule has 0 spiro atoms. The second-order valence-corrected chi connectivity index (χ2v) is 11.6. The number of fused-ring (bicyclic) bond motifs is 4. The van der Waals surface area contributed by atoms with Crippen molar-refractivity contribution >= 4 is 57.1 Å². The molecule has 0 saturated carbocycles. The number of carboxylic acids is 2. The third-order valence-corrected chi connectivity index (χ3v) is 7.40. The molecular weight excluding hydrogens is 554 g/mol. The molecule has 1 aliphatic heterocycles. The summed E-state index contributed by atoms with van der Waals surface area (Å²) in [6.07, 6.45) is -0.542. The molecule has 1 aliphatic rings. The predicted octanol–water partition coefficient (Wildman–Crippen LogP) is 3.95. The number of H-pyrrole nitrogens is 1. The smallest absolute Gasteiger partial charge is 0.326 e. The fourth-order valence-electron chi connectivity index (χ4n) is 5.05. The van der Waals surface area contributed by atoms with Gasteiger partial charge in [0.05, 0.1) is 10.9 Å². The van der Waals surface area contributed by atoms with Gasteiger partial charge in [-0.05, 0) is 58.7 Å². The van der Waals surface area contributed by atoms with E-state index in [1.807, 2.05) is 24.3 Å². The number of carboxylic acid groups (broad SMARTS) is 2. The summed E-state index contributed by atoms with van der Waals surface area (Å²) in [7, 11) is 0. The number of hydrogen-bond acceptors (Lipinski definition) is 7. The van der Waals surface area contributed by atoms with Crippen LogP contribution in [0, 0.1) is 5.41 Å². The fraction of sp³-hybridized carbons (Fsp3) is 0.290. The molecular formula is C31H31N5O7. The van der Waals surface area contributed by atoms with Crippen molar-refractivity contribution in [2.45, 2.75) is 52.7 Å². The maximum Gasteiger partial charge on any atom is 0.326 e. The number of carbonyl (C=O) groups excluding carboxylic acids is 2. The highest BCUT2D eigenvalue weighted by Gasteiger charge is 2.36. The van der Waals surface area contributed by atoms with Gasteiger partial charge in [-0.25, -0.2) is 9.78 Å². The molecule has 1 atom stereocenters. The van der Waals surface area contributed by atoms with Crippen LogP contribution in [-0.4, -0.2) is 54.9 Å². The van der Waals surface area contributed by atoms with Crippen LogP contribution in [0.5, 0.6) is 0 Å². The molecule has 1 aromatic heterocycles. The Morgan fingerprint density at radius 3 is 2.49 bits per heavy atom. The van der Waals surface area contributed by atoms with E-state index < -0.39 is 29.3 Å². The SMILES string of the molecule is CC(C)(C)C(=O)Nc1nc2ccc3ccc(CNc4ccc5c(c4)CN(C(CCC(=O)O)C(=O)O)C5=O)cc3c2c(=O)[nH]1. The second-order valence-electron chi connectivity index (χ2n) is 11.6. The maximum absolute atomic E-state index is 13.1. The van der Waals surface area contributed by atoms with Gasteiger partial charge in [-0.1, -0.05) is 39.0 Å². The van der Waals surface area contributed by atoms with Crippen molar-refractivity contribution in [1.29, 1.82) is 0 Å². The molecule has 2 heterocycles. The van der Waals surface area contributed by atoms with E-state index >= 15 is 0 Å². The van der Waals surface area contributed by atoms with Crippen molar-refractivity contribution in [1.82, 2.24) is 14.9 Å². The van der Waals surface area contributed by atoms with Gasteiger partial charge in [0.1, 0.15) is 6.04 Å². The lowest BCUT2D eigenvalue weighted by Crippen LogP contribution is -2.41. The summed E-state index contributed by atoms with van der Waals surface area (Å²) in [5.74, 6) is -3.00. The number of hydrogen-bond donors (Lipinski definition) is 5. The first-order chi connectivity index (χ1) is 20.3. The quantitative estimate of drug-likeness (QED) is 0.182. The van der Waals surface area contributed by atoms with Crippen molar-refractivity contribution in [2.75, 3.05) is 10.6 Å². The number of aliphatic carboxylic acids is 2. The Hall–Kier alpha value is -5.26. The standard InChI is InChI=1S/C31H31N5O7/c1-31(2,3)29(43)35-30-33-22-9-6-17-5-4-16(12-21(17)25(22)26(39)34-30)14-32-19-7-8-20-18(13-19)15-36(27(20)40)23(28(41)42)10-11-24(37)38/h4-9,12-13,23,32H,10-11,14-15H2,1-3H3,(H,37,38)(H,41,42)(H2,33,34,35,39,43). The molecule has 2 amide bonds. The Labute approximate surface area is 245 Å². The van der Waals surface area contributed by atoms with Gasteiger partial charge in [0, 0.05) is 36.2 Å². The van der Waals surface area contributed by atoms with E-state index in [1.54, 1.807) is 45.0 Å². The van der Waals surface area contributed by atoms with E-state index in [4.69, 9.17) is 5.11 Å². The number of amides is 2. The van der Waals surface area contributed by atoms with Crippen LogP contribution in [0.15, 0.2) is 53.3 Å². The van der Waals surface area contributed by atoms with Crippen LogP contribution in [0.3, 0.4) is 0 Å². The highest BCUT2D eigenvalue weighted by Crippen LogP contribution is 2.30. The van der Waals surface area contributed by atoms with Crippen molar-refractivity contribution in [3.63, 3.8) is 0 Å². The molecule has 3 aromatic carbocycles. The van der Waals surface area contributed by atoms with E-state index in [1.165, 1.54) is 4.90 Å². The summed E-state index contributed by atoms with van der Waals surface area (Å²) in [5.41, 5.74) is 2.03. The van der Waals surface area contributed by atoms with E-state index in [0.29, 0.717) is 39.6 Å². The minimum absolute atomic E-state index is 0.0657. The van der Waals surface area contributed by atoms with Crippen LogP contribution in [0.4, 0.5) is 11.6 Å². The Balaban J connectivity index is 1.35. The monoisotopic (exact) mass is 585 g/mol. The van der Waals surface area contributed by atoms with Gasteiger partial charge >= 0.3 is 11.9 Å². The molecule has 12 heteroatoms. The Kier molecular flexibility index (Phi) is 7.61. The summed E-state index contributed by atoms with van der Waals surface area (Å²) in [6.45, 7) is 5.75. The molecule has 222 valence electrons. The summed E-state index contributed by atoms with van der Waals surface area (Å²) in [4.78, 5) is 69.4. The molecule has 1 unspecified atom stereocenters. The first kappa shape index (κ1) is 29.2. The maximum atomic E-state index is 13.1. The number of aromatic nitrogens is 2. The Morgan fingerprint density at radius 1 is 1.05 bits per heavy atom. The summed E-state index contributed by atoms with van der Waals surface area (Å²) >= 11 is 0. The molecule has 5 N–H and O–H groups in total. The molecule has 5 rings (SSSR count). The molecule has 43 heavy (non-hydrogen) atoms. The van der Waals surface area contributed by atoms with Gasteiger partial charge in [-0.2, -0.15) is 0 Å². The number of benzene rings is 3. The third kappa shape index (κ3) is 6.03. The van der Waals surface area contributed by atoms with Crippen molar-refractivity contribution in [2.24, 2.45) is 5.41 Å². The Bertz CT molecular complexity index is 1860. The largest absolute Gasteiger partial charge is 0.481 e. The summed E-state index contributed by atoms with van der Waals surface area (Å²) in [6, 6.07) is 13.2. The van der Waals surface area contributed by atoms with Crippen molar-refractivity contribution < 1.29 is 29.4 Å². The Morgan fingerprint density at radius 2 is 1.79 bits per heavy atom. The number of aromatic amines is 1. The first-order valence-electron chi connectivity index (χ1n) is 13.7. The molecule has 0 saturated heterocycles. The lowest BCUT2D eigenvalue weighted by Gasteiger charge is -2.23. The molecule has 12 nitrogen and oxygen atoms in total. The zero-order valence-corrected chi connectivity index (χ0v) is 23.9. The van der Waals surface area contributed by atoms with Crippen LogP contribution >= 0.6 is 0 Å². The van der Waals surface area contributed by atoms with E-state index in [9.17, 15) is 29.1 Å². The number of rotatable bonds is 9. The van der Waals surface area contributed by atoms with Crippen molar-refractivity contribution in [3.8, 4) is 0 Å². The lowest BCUT2D eigenvalue weighted by molar-refractivity contribution is -0.143. The average Bonchev–Trinajstić information content (AvgIpc) is 3.25. The van der Waals surface area contributed by atoms with Gasteiger partial charge in [-0.15, -0.1) is 0 Å². The van der Waals surface area contributed by atoms with Gasteiger partial charge in [0.25, 0.3) is 11.5 Å².